The maximum Gasteiger partial charge on any atom is 0.243 e. The molecule has 2 aromatic rings. The highest BCUT2D eigenvalue weighted by molar-refractivity contribution is 5.94. The van der Waals surface area contributed by atoms with E-state index < -0.39 is 0 Å². The molecule has 22 heavy (non-hydrogen) atoms. The Bertz CT molecular complexity index is 610. The molecule has 0 unspecified atom stereocenters. The lowest BCUT2D eigenvalue weighted by Gasteiger charge is -2.08. The van der Waals surface area contributed by atoms with E-state index in [1.165, 1.54) is 17.3 Å². The predicted octanol–water partition coefficient (Wildman–Crippen LogP) is 0.432. The lowest BCUT2D eigenvalue weighted by molar-refractivity contribution is -0.124. The number of carbonyl (C=O) groups is 2. The standard InChI is InChI=1S/C14H17N5O3/c1-2-22-12-5-3-11(4-6-12)18-13(20)7-16-14(21)8-19-10-15-9-17-19/h3-6,9-10H,2,7-8H2,1H3,(H,16,21)(H,18,20). The molecule has 0 spiro atoms. The van der Waals surface area contributed by atoms with Crippen molar-refractivity contribution in [3.8, 4) is 5.75 Å². The zero-order valence-corrected chi connectivity index (χ0v) is 12.2. The average Bonchev–Trinajstić information content (AvgIpc) is 3.00. The summed E-state index contributed by atoms with van der Waals surface area (Å²) in [5.74, 6) is 0.116. The number of nitrogens with one attached hydrogen (secondary N) is 2. The second-order valence-electron chi connectivity index (χ2n) is 4.38. The van der Waals surface area contributed by atoms with Crippen molar-refractivity contribution in [1.82, 2.24) is 20.1 Å². The van der Waals surface area contributed by atoms with Crippen LogP contribution in [0.25, 0.3) is 0 Å². The van der Waals surface area contributed by atoms with Crippen LogP contribution in [0.2, 0.25) is 0 Å². The van der Waals surface area contributed by atoms with Crippen LogP contribution in [0.1, 0.15) is 6.92 Å². The number of hydrogen-bond donors (Lipinski definition) is 2. The van der Waals surface area contributed by atoms with Gasteiger partial charge in [0.1, 0.15) is 24.9 Å². The van der Waals surface area contributed by atoms with E-state index in [2.05, 4.69) is 20.7 Å². The van der Waals surface area contributed by atoms with E-state index in [0.717, 1.165) is 5.75 Å². The van der Waals surface area contributed by atoms with Crippen LogP contribution >= 0.6 is 0 Å². The number of benzene rings is 1. The number of hydrogen-bond acceptors (Lipinski definition) is 5. The van der Waals surface area contributed by atoms with Crippen molar-refractivity contribution in [2.75, 3.05) is 18.5 Å². The first-order chi connectivity index (χ1) is 10.7. The van der Waals surface area contributed by atoms with Crippen molar-refractivity contribution in [1.29, 1.82) is 0 Å². The third-order valence-electron chi connectivity index (χ3n) is 2.67. The summed E-state index contributed by atoms with van der Waals surface area (Å²) >= 11 is 0. The van der Waals surface area contributed by atoms with Crippen LogP contribution in [0.5, 0.6) is 5.75 Å². The summed E-state index contributed by atoms with van der Waals surface area (Å²) in [5, 5.41) is 9.00. The summed E-state index contributed by atoms with van der Waals surface area (Å²) in [6.45, 7) is 2.40. The van der Waals surface area contributed by atoms with E-state index in [1.807, 2.05) is 6.92 Å². The topological polar surface area (TPSA) is 98.1 Å². The molecule has 0 aliphatic rings. The van der Waals surface area contributed by atoms with Crippen LogP contribution in [0.4, 0.5) is 5.69 Å². The summed E-state index contributed by atoms with van der Waals surface area (Å²) in [5.41, 5.74) is 0.638. The average molecular weight is 303 g/mol. The first-order valence-corrected chi connectivity index (χ1v) is 6.79. The van der Waals surface area contributed by atoms with Gasteiger partial charge in [0.15, 0.2) is 0 Å². The summed E-state index contributed by atoms with van der Waals surface area (Å²) in [6.07, 6.45) is 2.77. The SMILES string of the molecule is CCOc1ccc(NC(=O)CNC(=O)Cn2cncn2)cc1. The van der Waals surface area contributed by atoms with Crippen LogP contribution in [0, 0.1) is 0 Å². The molecule has 8 nitrogen and oxygen atoms in total. The van der Waals surface area contributed by atoms with Crippen molar-refractivity contribution in [2.45, 2.75) is 13.5 Å². The monoisotopic (exact) mass is 303 g/mol. The van der Waals surface area contributed by atoms with Gasteiger partial charge in [-0.05, 0) is 31.2 Å². The van der Waals surface area contributed by atoms with Crippen LogP contribution in [0.3, 0.4) is 0 Å². The van der Waals surface area contributed by atoms with Crippen molar-refractivity contribution >= 4 is 17.5 Å². The smallest absolute Gasteiger partial charge is 0.243 e. The van der Waals surface area contributed by atoms with Gasteiger partial charge in [-0.1, -0.05) is 0 Å². The van der Waals surface area contributed by atoms with E-state index in [9.17, 15) is 9.59 Å². The summed E-state index contributed by atoms with van der Waals surface area (Å²) in [7, 11) is 0. The molecule has 0 aliphatic carbocycles. The third-order valence-corrected chi connectivity index (χ3v) is 2.67. The molecule has 0 bridgehead atoms. The summed E-state index contributed by atoms with van der Waals surface area (Å²) < 4.78 is 6.69. The maximum absolute atomic E-state index is 11.7. The fourth-order valence-electron chi connectivity index (χ4n) is 1.70. The Labute approximate surface area is 127 Å². The van der Waals surface area contributed by atoms with Crippen LogP contribution < -0.4 is 15.4 Å². The van der Waals surface area contributed by atoms with Crippen molar-refractivity contribution in [3.05, 3.63) is 36.9 Å². The molecular weight excluding hydrogens is 286 g/mol. The molecule has 1 aromatic heterocycles. The Kier molecular flexibility index (Phi) is 5.47. The molecule has 0 saturated heterocycles. The fourth-order valence-corrected chi connectivity index (χ4v) is 1.70. The Balaban J connectivity index is 1.74. The fraction of sp³-hybridized carbons (Fsp3) is 0.286. The highest BCUT2D eigenvalue weighted by Gasteiger charge is 2.07. The Morgan fingerprint density at radius 1 is 1.23 bits per heavy atom. The summed E-state index contributed by atoms with van der Waals surface area (Å²) in [6, 6.07) is 7.01. The van der Waals surface area contributed by atoms with Crippen LogP contribution in [0.15, 0.2) is 36.9 Å². The zero-order chi connectivity index (χ0) is 15.8. The van der Waals surface area contributed by atoms with Gasteiger partial charge in [0.25, 0.3) is 0 Å². The molecule has 0 fully saturated rings. The van der Waals surface area contributed by atoms with Gasteiger partial charge in [0.05, 0.1) is 13.2 Å². The minimum Gasteiger partial charge on any atom is -0.494 e. The molecular formula is C14H17N5O3. The van der Waals surface area contributed by atoms with E-state index in [1.54, 1.807) is 24.3 Å². The molecule has 0 radical (unpaired) electrons. The minimum absolute atomic E-state index is 0.0241. The lowest BCUT2D eigenvalue weighted by atomic mass is 10.3. The third kappa shape index (κ3) is 4.89. The molecule has 8 heteroatoms. The highest BCUT2D eigenvalue weighted by Crippen LogP contribution is 2.15. The van der Waals surface area contributed by atoms with Gasteiger partial charge in [0.2, 0.25) is 11.8 Å². The van der Waals surface area contributed by atoms with Crippen molar-refractivity contribution in [2.24, 2.45) is 0 Å². The van der Waals surface area contributed by atoms with E-state index in [-0.39, 0.29) is 24.9 Å². The van der Waals surface area contributed by atoms with Gasteiger partial charge in [-0.15, -0.1) is 0 Å². The predicted molar refractivity (Wildman–Crippen MR) is 79.3 cm³/mol. The normalized spacial score (nSPS) is 10.0. The Morgan fingerprint density at radius 2 is 2.00 bits per heavy atom. The quantitative estimate of drug-likeness (QED) is 0.773. The van der Waals surface area contributed by atoms with Gasteiger partial charge in [0, 0.05) is 5.69 Å². The molecule has 0 aliphatic heterocycles. The van der Waals surface area contributed by atoms with E-state index >= 15 is 0 Å². The number of anilines is 1. The highest BCUT2D eigenvalue weighted by atomic mass is 16.5. The molecule has 1 heterocycles. The largest absolute Gasteiger partial charge is 0.494 e. The Morgan fingerprint density at radius 3 is 2.64 bits per heavy atom. The molecule has 116 valence electrons. The second-order valence-corrected chi connectivity index (χ2v) is 4.38. The van der Waals surface area contributed by atoms with Gasteiger partial charge in [-0.3, -0.25) is 9.59 Å². The number of carbonyl (C=O) groups excluding carboxylic acids is 2. The number of nitrogens with zero attached hydrogens (tertiary/aromatic N) is 3. The Hall–Kier alpha value is -2.90. The second kappa shape index (κ2) is 7.77. The van der Waals surface area contributed by atoms with E-state index in [0.29, 0.717) is 12.3 Å². The van der Waals surface area contributed by atoms with Gasteiger partial charge >= 0.3 is 0 Å². The molecule has 2 amide bonds. The first kappa shape index (κ1) is 15.5. The van der Waals surface area contributed by atoms with Gasteiger partial charge in [-0.25, -0.2) is 9.67 Å². The number of rotatable bonds is 7. The molecule has 0 saturated carbocycles. The minimum atomic E-state index is -0.313. The van der Waals surface area contributed by atoms with Crippen molar-refractivity contribution in [3.63, 3.8) is 0 Å². The molecule has 0 atom stereocenters. The van der Waals surface area contributed by atoms with Crippen LogP contribution in [-0.2, 0) is 16.1 Å². The number of amides is 2. The lowest BCUT2D eigenvalue weighted by Crippen LogP contribution is -2.35. The summed E-state index contributed by atoms with van der Waals surface area (Å²) in [4.78, 5) is 27.1. The maximum atomic E-state index is 11.7. The van der Waals surface area contributed by atoms with Crippen LogP contribution in [-0.4, -0.2) is 39.7 Å². The zero-order valence-electron chi connectivity index (χ0n) is 12.2. The first-order valence-electron chi connectivity index (χ1n) is 6.79. The van der Waals surface area contributed by atoms with E-state index in [4.69, 9.17) is 4.74 Å². The molecule has 2 N–H and O–H groups in total. The molecule has 1 aromatic carbocycles. The van der Waals surface area contributed by atoms with Gasteiger partial charge < -0.3 is 15.4 Å². The molecule has 2 rings (SSSR count). The number of aromatic nitrogens is 3. The van der Waals surface area contributed by atoms with Crippen molar-refractivity contribution < 1.29 is 14.3 Å². The van der Waals surface area contributed by atoms with Gasteiger partial charge in [-0.2, -0.15) is 5.10 Å². The number of ether oxygens (including phenoxy) is 1.